The molecule has 1 aliphatic rings. The minimum atomic E-state index is 0.186. The third kappa shape index (κ3) is 3.01. The average molecular weight is 299 g/mol. The van der Waals surface area contributed by atoms with Gasteiger partial charge in [0.2, 0.25) is 5.91 Å². The quantitative estimate of drug-likeness (QED) is 0.821. The molecular formula is C18H25N3O. The Hall–Kier alpha value is -1.84. The highest BCUT2D eigenvalue weighted by atomic mass is 16.2. The molecule has 1 fully saturated rings. The van der Waals surface area contributed by atoms with Crippen molar-refractivity contribution in [1.82, 2.24) is 14.5 Å². The van der Waals surface area contributed by atoms with E-state index in [4.69, 9.17) is 4.98 Å². The van der Waals surface area contributed by atoms with Crippen molar-refractivity contribution < 1.29 is 4.79 Å². The number of fused-ring (bicyclic) bond motifs is 1. The van der Waals surface area contributed by atoms with Crippen LogP contribution in [0.3, 0.4) is 0 Å². The van der Waals surface area contributed by atoms with Crippen molar-refractivity contribution in [2.45, 2.75) is 44.9 Å². The van der Waals surface area contributed by atoms with Gasteiger partial charge in [0.05, 0.1) is 17.5 Å². The normalized spacial score (nSPS) is 14.5. The minimum absolute atomic E-state index is 0.186. The summed E-state index contributed by atoms with van der Waals surface area (Å²) < 4.78 is 2.20. The van der Waals surface area contributed by atoms with Gasteiger partial charge in [-0.2, -0.15) is 0 Å². The molecule has 1 aromatic heterocycles. The number of rotatable bonds is 6. The second-order valence-corrected chi connectivity index (χ2v) is 6.47. The molecular weight excluding hydrogens is 274 g/mol. The van der Waals surface area contributed by atoms with Gasteiger partial charge in [-0.25, -0.2) is 4.98 Å². The third-order valence-electron chi connectivity index (χ3n) is 4.55. The van der Waals surface area contributed by atoms with E-state index in [9.17, 15) is 4.79 Å². The van der Waals surface area contributed by atoms with E-state index >= 15 is 0 Å². The predicted octanol–water partition coefficient (Wildman–Crippen LogP) is 3.25. The van der Waals surface area contributed by atoms with E-state index in [1.165, 1.54) is 18.7 Å². The van der Waals surface area contributed by atoms with Gasteiger partial charge in [0.25, 0.3) is 0 Å². The molecule has 0 bridgehead atoms. The average Bonchev–Trinajstić information content (AvgIpc) is 3.30. The lowest BCUT2D eigenvalue weighted by atomic mass is 10.1. The van der Waals surface area contributed by atoms with E-state index in [2.05, 4.69) is 36.7 Å². The van der Waals surface area contributed by atoms with E-state index < -0.39 is 0 Å². The van der Waals surface area contributed by atoms with Gasteiger partial charge in [-0.05, 0) is 37.0 Å². The van der Waals surface area contributed by atoms with Gasteiger partial charge in [-0.3, -0.25) is 4.79 Å². The summed E-state index contributed by atoms with van der Waals surface area (Å²) in [6.45, 7) is 2.98. The Bertz CT molecular complexity index is 685. The van der Waals surface area contributed by atoms with Crippen LogP contribution in [0, 0.1) is 0 Å². The van der Waals surface area contributed by atoms with Crippen molar-refractivity contribution in [2.75, 3.05) is 13.6 Å². The number of hydrogen-bond donors (Lipinski definition) is 0. The lowest BCUT2D eigenvalue weighted by Crippen LogP contribution is -2.29. The Morgan fingerprint density at radius 1 is 1.41 bits per heavy atom. The smallest absolute Gasteiger partial charge is 0.226 e. The fraction of sp³-hybridized carbons (Fsp3) is 0.556. The number of aromatic nitrogens is 2. The fourth-order valence-corrected chi connectivity index (χ4v) is 2.91. The summed E-state index contributed by atoms with van der Waals surface area (Å²) in [5.41, 5.74) is 3.24. The summed E-state index contributed by atoms with van der Waals surface area (Å²) in [5.74, 6) is 2.02. The molecule has 1 amide bonds. The summed E-state index contributed by atoms with van der Waals surface area (Å²) >= 11 is 0. The van der Waals surface area contributed by atoms with Gasteiger partial charge in [0, 0.05) is 26.6 Å². The van der Waals surface area contributed by atoms with Crippen molar-refractivity contribution in [1.29, 1.82) is 0 Å². The zero-order chi connectivity index (χ0) is 15.7. The molecule has 0 N–H and O–H groups in total. The number of hydrogen-bond acceptors (Lipinski definition) is 2. The molecule has 118 valence electrons. The number of likely N-dealkylation sites (N-methyl/N-ethyl adjacent to an activating group) is 1. The Morgan fingerprint density at radius 2 is 2.18 bits per heavy atom. The van der Waals surface area contributed by atoms with Crippen molar-refractivity contribution in [2.24, 2.45) is 7.05 Å². The molecule has 1 aliphatic carbocycles. The first kappa shape index (κ1) is 15.1. The van der Waals surface area contributed by atoms with Crippen molar-refractivity contribution in [3.05, 3.63) is 29.6 Å². The number of imidazole rings is 1. The number of amides is 1. The van der Waals surface area contributed by atoms with E-state index in [0.29, 0.717) is 12.3 Å². The van der Waals surface area contributed by atoms with E-state index in [-0.39, 0.29) is 5.91 Å². The largest absolute Gasteiger partial charge is 0.345 e. The Morgan fingerprint density at radius 3 is 2.86 bits per heavy atom. The summed E-state index contributed by atoms with van der Waals surface area (Å²) in [7, 11) is 3.98. The molecule has 4 nitrogen and oxygen atoms in total. The number of carbonyl (C=O) groups excluding carboxylic acids is 1. The van der Waals surface area contributed by atoms with Crippen molar-refractivity contribution >= 4 is 16.9 Å². The van der Waals surface area contributed by atoms with Crippen LogP contribution in [0.2, 0.25) is 0 Å². The molecule has 1 saturated carbocycles. The van der Waals surface area contributed by atoms with E-state index in [0.717, 1.165) is 36.0 Å². The number of nitrogens with zero attached hydrogens (tertiary/aromatic N) is 3. The van der Waals surface area contributed by atoms with Gasteiger partial charge in [-0.15, -0.1) is 0 Å². The lowest BCUT2D eigenvalue weighted by Gasteiger charge is -2.16. The SMILES string of the molecule is CCCCN(C)C(=O)Cc1ccc2c(c1)nc(C1CC1)n2C. The first-order valence-corrected chi connectivity index (χ1v) is 8.29. The highest BCUT2D eigenvalue weighted by molar-refractivity contribution is 5.82. The predicted molar refractivity (Wildman–Crippen MR) is 88.9 cm³/mol. The zero-order valence-electron chi connectivity index (χ0n) is 13.8. The highest BCUT2D eigenvalue weighted by Crippen LogP contribution is 2.40. The maximum atomic E-state index is 12.2. The molecule has 1 aromatic carbocycles. The van der Waals surface area contributed by atoms with Crippen molar-refractivity contribution in [3.63, 3.8) is 0 Å². The molecule has 22 heavy (non-hydrogen) atoms. The van der Waals surface area contributed by atoms with Crippen LogP contribution < -0.4 is 0 Å². The fourth-order valence-electron chi connectivity index (χ4n) is 2.91. The topological polar surface area (TPSA) is 38.1 Å². The molecule has 0 atom stereocenters. The van der Waals surface area contributed by atoms with Crippen LogP contribution in [0.5, 0.6) is 0 Å². The van der Waals surface area contributed by atoms with Crippen LogP contribution in [0.4, 0.5) is 0 Å². The maximum Gasteiger partial charge on any atom is 0.226 e. The van der Waals surface area contributed by atoms with Gasteiger partial charge < -0.3 is 9.47 Å². The second-order valence-electron chi connectivity index (χ2n) is 6.47. The van der Waals surface area contributed by atoms with Crippen LogP contribution in [0.1, 0.15) is 49.9 Å². The van der Waals surface area contributed by atoms with Gasteiger partial charge in [-0.1, -0.05) is 19.4 Å². The Kier molecular flexibility index (Phi) is 4.19. The molecule has 0 unspecified atom stereocenters. The molecule has 0 aliphatic heterocycles. The van der Waals surface area contributed by atoms with E-state index in [1.807, 2.05) is 11.9 Å². The van der Waals surface area contributed by atoms with Gasteiger partial charge in [0.15, 0.2) is 0 Å². The monoisotopic (exact) mass is 299 g/mol. The highest BCUT2D eigenvalue weighted by Gasteiger charge is 2.28. The molecule has 0 saturated heterocycles. The third-order valence-corrected chi connectivity index (χ3v) is 4.55. The zero-order valence-corrected chi connectivity index (χ0v) is 13.8. The van der Waals surface area contributed by atoms with Crippen LogP contribution in [-0.4, -0.2) is 34.0 Å². The summed E-state index contributed by atoms with van der Waals surface area (Å²) in [4.78, 5) is 18.9. The second kappa shape index (κ2) is 6.11. The number of aryl methyl sites for hydroxylation is 1. The van der Waals surface area contributed by atoms with Crippen LogP contribution >= 0.6 is 0 Å². The molecule has 4 heteroatoms. The molecule has 1 heterocycles. The number of carbonyl (C=O) groups is 1. The van der Waals surface area contributed by atoms with E-state index in [1.54, 1.807) is 0 Å². The number of unbranched alkanes of at least 4 members (excludes halogenated alkanes) is 1. The molecule has 0 radical (unpaired) electrons. The lowest BCUT2D eigenvalue weighted by molar-refractivity contribution is -0.129. The Balaban J connectivity index is 1.76. The van der Waals surface area contributed by atoms with Crippen LogP contribution in [0.15, 0.2) is 18.2 Å². The number of benzene rings is 1. The first-order chi connectivity index (χ1) is 10.6. The summed E-state index contributed by atoms with van der Waals surface area (Å²) in [5, 5.41) is 0. The van der Waals surface area contributed by atoms with Gasteiger partial charge in [0.1, 0.15) is 5.82 Å². The first-order valence-electron chi connectivity index (χ1n) is 8.29. The van der Waals surface area contributed by atoms with Crippen molar-refractivity contribution in [3.8, 4) is 0 Å². The minimum Gasteiger partial charge on any atom is -0.345 e. The summed E-state index contributed by atoms with van der Waals surface area (Å²) in [6, 6.07) is 6.24. The van der Waals surface area contributed by atoms with Crippen LogP contribution in [-0.2, 0) is 18.3 Å². The Labute approximate surface area is 132 Å². The van der Waals surface area contributed by atoms with Gasteiger partial charge >= 0.3 is 0 Å². The standard InChI is InChI=1S/C18H25N3O/c1-4-5-10-20(2)17(22)12-13-6-9-16-15(11-13)19-18(21(16)3)14-7-8-14/h6,9,11,14H,4-5,7-8,10,12H2,1-3H3. The molecule has 0 spiro atoms. The molecule has 3 rings (SSSR count). The van der Waals surface area contributed by atoms with Crippen LogP contribution in [0.25, 0.3) is 11.0 Å². The molecule has 2 aromatic rings. The maximum absolute atomic E-state index is 12.2. The summed E-state index contributed by atoms with van der Waals surface area (Å²) in [6.07, 6.45) is 5.15.